The number of alkyl halides is 1. The van der Waals surface area contributed by atoms with Gasteiger partial charge in [0, 0.05) is 146 Å². The molecular formula is C47H71BBrN10O8. The first-order chi connectivity index (χ1) is 30.8. The summed E-state index contributed by atoms with van der Waals surface area (Å²) in [5, 5.41) is 53.9. The van der Waals surface area contributed by atoms with Crippen LogP contribution in [0.5, 0.6) is 0 Å². The largest absolute Gasteiger partial charge is 0.478 e. The number of carboxylic acids is 1. The van der Waals surface area contributed by atoms with Gasteiger partial charge in [-0.15, -0.1) is 0 Å². The zero-order chi connectivity index (χ0) is 48.1. The lowest BCUT2D eigenvalue weighted by Gasteiger charge is -2.36. The van der Waals surface area contributed by atoms with E-state index in [2.05, 4.69) is 101 Å². The lowest BCUT2D eigenvalue weighted by atomic mass is 10.1. The first kappa shape index (κ1) is 59.7. The molecule has 0 aliphatic carbocycles. The molecule has 0 amide bonds. The molecule has 3 aliphatic rings. The van der Waals surface area contributed by atoms with E-state index in [1.807, 2.05) is 24.3 Å². The molecule has 4 aromatic rings. The molecule has 7 rings (SSSR count). The summed E-state index contributed by atoms with van der Waals surface area (Å²) in [6.07, 6.45) is 0. The fraction of sp³-hybridized carbons (Fsp3) is 0.468. The van der Waals surface area contributed by atoms with E-state index >= 15 is 0 Å². The summed E-state index contributed by atoms with van der Waals surface area (Å²) >= 11 is 3.25. The molecule has 0 spiro atoms. The minimum Gasteiger partial charge on any atom is -0.478 e. The SMILES string of the molecule is C.C[C@@H]1CN(Cc2ccc(N)cc2)C[C@H](C)N1.C[C@@H]1CN(Cc2ccc([N+](=O)[O-])cc2)C[C@H](C)N1.C[C@@H]1CNC[C@H](C)N1.O=C(O)c1ccc([N+](=O)[O-])cc1.O=[N+]([O-])c1ccc(CBr)cc1.[2HH].[B]. The van der Waals surface area contributed by atoms with Crippen molar-refractivity contribution in [3.8, 4) is 0 Å². The van der Waals surface area contributed by atoms with E-state index in [1.54, 1.807) is 24.3 Å². The van der Waals surface area contributed by atoms with E-state index in [0.29, 0.717) is 36.3 Å². The van der Waals surface area contributed by atoms with Gasteiger partial charge in [0.05, 0.1) is 20.3 Å². The van der Waals surface area contributed by atoms with Crippen LogP contribution in [-0.2, 0) is 18.4 Å². The second-order valence-electron chi connectivity index (χ2n) is 16.8. The lowest BCUT2D eigenvalue weighted by Crippen LogP contribution is -2.53. The molecular weight excluding hydrogens is 923 g/mol. The fourth-order valence-electron chi connectivity index (χ4n) is 7.55. The predicted molar refractivity (Wildman–Crippen MR) is 274 cm³/mol. The molecule has 4 aromatic carbocycles. The first-order valence-electron chi connectivity index (χ1n) is 21.6. The number of nitrogens with zero attached hydrogens (tertiary/aromatic N) is 5. The van der Waals surface area contributed by atoms with Crippen LogP contribution in [0, 0.1) is 30.3 Å². The van der Waals surface area contributed by atoms with Gasteiger partial charge in [0.15, 0.2) is 0 Å². The van der Waals surface area contributed by atoms with Gasteiger partial charge >= 0.3 is 5.97 Å². The summed E-state index contributed by atoms with van der Waals surface area (Å²) in [4.78, 5) is 44.8. The van der Waals surface area contributed by atoms with Crippen molar-refractivity contribution in [1.82, 2.24) is 31.1 Å². The van der Waals surface area contributed by atoms with Crippen molar-refractivity contribution in [2.45, 2.75) is 104 Å². The first-order valence-corrected chi connectivity index (χ1v) is 22.7. The Bertz CT molecular complexity index is 2020. The number of non-ortho nitro benzene ring substituents is 3. The molecule has 7 N–H and O–H groups in total. The topological polar surface area (TPSA) is 247 Å². The van der Waals surface area contributed by atoms with E-state index < -0.39 is 15.8 Å². The number of hydrogen-bond acceptors (Lipinski definition) is 14. The van der Waals surface area contributed by atoms with Gasteiger partial charge in [-0.05, 0) is 82.5 Å². The molecule has 3 heterocycles. The Labute approximate surface area is 407 Å². The number of nitro groups is 3. The standard InChI is InChI=1S/C13H19N3O2.C13H21N3.C7H6BrNO2.C7H5NO4.C6H14N2.CH4.B.H2/c1-10-7-15(8-11(2)14-10)9-12-3-5-13(6-4-12)16(17)18;1-10-7-16(8-11(2)15-10)9-12-3-5-13(14)6-4-12;8-5-6-1-3-7(4-2-6)9(10)11;9-7(10)5-1-3-6(4-2-5)8(11)12;1-5-3-7-4-6(2)8-5;;;/h3-6,10-11,14H,7-9H2,1-2H3;3-6,10-11,15H,7-9,14H2,1-2H3;1-4H,5H2;1-4H,(H,9,10);5-8H,3-4H2,1-2H3;1H4;;1H/t2*10-,11+;;;5-,6+;;;/i;;;;;;;1+1. The molecule has 18 nitrogen and oxygen atoms in total. The maximum atomic E-state index is 10.6. The molecule has 0 bridgehead atoms. The van der Waals surface area contributed by atoms with E-state index in [9.17, 15) is 35.1 Å². The summed E-state index contributed by atoms with van der Waals surface area (Å²) in [7, 11) is 0. The predicted octanol–water partition coefficient (Wildman–Crippen LogP) is 7.47. The van der Waals surface area contributed by atoms with Crippen molar-refractivity contribution in [2.75, 3.05) is 45.0 Å². The van der Waals surface area contributed by atoms with Gasteiger partial charge in [-0.3, -0.25) is 40.1 Å². The number of aromatic carboxylic acids is 1. The molecule has 3 aliphatic heterocycles. The zero-order valence-corrected chi connectivity index (χ0v) is 40.2. The molecule has 0 saturated carbocycles. The Balaban J connectivity index is 0.000000836. The van der Waals surface area contributed by atoms with Crippen LogP contribution in [0.3, 0.4) is 0 Å². The van der Waals surface area contributed by atoms with Gasteiger partial charge < -0.3 is 32.1 Å². The highest BCUT2D eigenvalue weighted by Crippen LogP contribution is 2.17. The van der Waals surface area contributed by atoms with E-state index in [-0.39, 0.29) is 44.8 Å². The number of halogens is 1. The molecule has 3 radical (unpaired) electrons. The van der Waals surface area contributed by atoms with Crippen LogP contribution in [0.1, 0.15) is 77.4 Å². The van der Waals surface area contributed by atoms with Gasteiger partial charge in [0.25, 0.3) is 17.1 Å². The van der Waals surface area contributed by atoms with Crippen LogP contribution in [0.25, 0.3) is 0 Å². The molecule has 67 heavy (non-hydrogen) atoms. The van der Waals surface area contributed by atoms with Gasteiger partial charge in [-0.1, -0.05) is 59.8 Å². The van der Waals surface area contributed by atoms with Crippen LogP contribution >= 0.6 is 15.9 Å². The number of anilines is 1. The molecule has 367 valence electrons. The zero-order valence-electron chi connectivity index (χ0n) is 38.6. The van der Waals surface area contributed by atoms with Crippen molar-refractivity contribution in [3.63, 3.8) is 0 Å². The van der Waals surface area contributed by atoms with Crippen LogP contribution in [0.2, 0.25) is 0 Å². The molecule has 3 fully saturated rings. The number of nitrogens with two attached hydrogens (primary N) is 1. The highest BCUT2D eigenvalue weighted by Gasteiger charge is 2.22. The summed E-state index contributed by atoms with van der Waals surface area (Å²) in [6.45, 7) is 21.6. The monoisotopic (exact) mass is 994 g/mol. The van der Waals surface area contributed by atoms with Gasteiger partial charge in [-0.25, -0.2) is 4.79 Å². The Kier molecular flexibility index (Phi) is 27.5. The van der Waals surface area contributed by atoms with Gasteiger partial charge in [0.1, 0.15) is 0 Å². The van der Waals surface area contributed by atoms with Crippen LogP contribution in [0.4, 0.5) is 22.7 Å². The summed E-state index contributed by atoms with van der Waals surface area (Å²) < 4.78 is 0. The number of benzene rings is 4. The number of carboxylic acid groups (broad SMARTS) is 1. The minimum absolute atomic E-state index is 0. The average molecular weight is 996 g/mol. The van der Waals surface area contributed by atoms with Gasteiger partial charge in [-0.2, -0.15) is 0 Å². The Morgan fingerprint density at radius 2 is 0.896 bits per heavy atom. The third-order valence-electron chi connectivity index (χ3n) is 10.3. The number of hydrogen-bond donors (Lipinski definition) is 6. The smallest absolute Gasteiger partial charge is 0.335 e. The van der Waals surface area contributed by atoms with Gasteiger partial charge in [0.2, 0.25) is 0 Å². The number of nitrogens with one attached hydrogen (secondary N) is 4. The fourth-order valence-corrected chi connectivity index (χ4v) is 7.93. The van der Waals surface area contributed by atoms with Crippen molar-refractivity contribution in [3.05, 3.63) is 150 Å². The quantitative estimate of drug-likeness (QED) is 0.0313. The summed E-state index contributed by atoms with van der Waals surface area (Å²) in [6, 6.07) is 29.6. The van der Waals surface area contributed by atoms with Crippen LogP contribution < -0.4 is 27.0 Å². The second-order valence-corrected chi connectivity index (χ2v) is 17.3. The summed E-state index contributed by atoms with van der Waals surface area (Å²) in [5.41, 5.74) is 10.2. The molecule has 20 heteroatoms. The number of piperazine rings is 3. The van der Waals surface area contributed by atoms with E-state index in [4.69, 9.17) is 10.8 Å². The molecule has 0 aromatic heterocycles. The number of nitro benzene ring substituents is 3. The molecule has 0 unspecified atom stereocenters. The Morgan fingerprint density at radius 3 is 1.18 bits per heavy atom. The average Bonchev–Trinajstić information content (AvgIpc) is 3.25. The maximum absolute atomic E-state index is 10.6. The third kappa shape index (κ3) is 23.3. The number of nitrogen functional groups attached to an aromatic ring is 1. The normalized spacial score (nSPS) is 21.1. The Hall–Kier alpha value is -5.35. The highest BCUT2D eigenvalue weighted by atomic mass is 79.9. The Morgan fingerprint density at radius 1 is 0.597 bits per heavy atom. The molecule has 3 saturated heterocycles. The number of rotatable bonds is 9. The van der Waals surface area contributed by atoms with Crippen LogP contribution in [0.15, 0.2) is 97.1 Å². The minimum atomic E-state index is -1.09. The van der Waals surface area contributed by atoms with E-state index in [1.165, 1.54) is 29.8 Å². The molecule has 6 atom stereocenters. The lowest BCUT2D eigenvalue weighted by molar-refractivity contribution is -0.385. The number of carbonyl (C=O) groups is 1. The van der Waals surface area contributed by atoms with Crippen molar-refractivity contribution >= 4 is 53.1 Å². The second kappa shape index (κ2) is 30.8. The maximum Gasteiger partial charge on any atom is 0.335 e. The third-order valence-corrected chi connectivity index (χ3v) is 10.9. The van der Waals surface area contributed by atoms with Crippen molar-refractivity contribution in [2.24, 2.45) is 0 Å². The summed E-state index contributed by atoms with van der Waals surface area (Å²) in [5.74, 6) is -1.09. The van der Waals surface area contributed by atoms with E-state index in [0.717, 1.165) is 86.6 Å². The van der Waals surface area contributed by atoms with Crippen molar-refractivity contribution in [1.29, 1.82) is 0 Å². The van der Waals surface area contributed by atoms with Crippen molar-refractivity contribution < 1.29 is 26.1 Å². The van der Waals surface area contributed by atoms with Crippen LogP contribution in [-0.4, -0.2) is 120 Å². The highest BCUT2D eigenvalue weighted by molar-refractivity contribution is 9.08.